The molecule has 1 aromatic heterocycles. The van der Waals surface area contributed by atoms with Crippen molar-refractivity contribution in [1.29, 1.82) is 0 Å². The number of nitrogens with zero attached hydrogens (tertiary/aromatic N) is 3. The monoisotopic (exact) mass is 362 g/mol. The number of para-hydroxylation sites is 1. The molecule has 2 amide bonds. The zero-order chi connectivity index (χ0) is 19.0. The Morgan fingerprint density at radius 2 is 1.93 bits per heavy atom. The number of rotatable bonds is 4. The van der Waals surface area contributed by atoms with Gasteiger partial charge in [0.05, 0.1) is 5.69 Å². The van der Waals surface area contributed by atoms with Crippen molar-refractivity contribution < 1.29 is 14.0 Å². The molecule has 0 spiro atoms. The van der Waals surface area contributed by atoms with Crippen molar-refractivity contribution >= 4 is 17.5 Å². The molecule has 1 N–H and O–H groups in total. The van der Waals surface area contributed by atoms with Crippen molar-refractivity contribution in [2.24, 2.45) is 0 Å². The van der Waals surface area contributed by atoms with E-state index in [1.165, 1.54) is 6.92 Å². The van der Waals surface area contributed by atoms with Crippen molar-refractivity contribution in [3.05, 3.63) is 65.5 Å². The van der Waals surface area contributed by atoms with Gasteiger partial charge in [0, 0.05) is 18.1 Å². The molecule has 136 valence electrons. The maximum absolute atomic E-state index is 13.0. The van der Waals surface area contributed by atoms with Gasteiger partial charge in [-0.2, -0.15) is 0 Å². The molecule has 0 saturated heterocycles. The van der Waals surface area contributed by atoms with Crippen LogP contribution >= 0.6 is 0 Å². The molecule has 7 heteroatoms. The third-order valence-corrected chi connectivity index (χ3v) is 4.49. The fourth-order valence-electron chi connectivity index (χ4n) is 3.33. The molecule has 1 aliphatic heterocycles. The van der Waals surface area contributed by atoms with Gasteiger partial charge >= 0.3 is 0 Å². The van der Waals surface area contributed by atoms with Crippen LogP contribution in [0.5, 0.6) is 0 Å². The third kappa shape index (κ3) is 3.08. The van der Waals surface area contributed by atoms with Crippen LogP contribution in [0.15, 0.2) is 52.9 Å². The first-order valence-electron chi connectivity index (χ1n) is 8.60. The van der Waals surface area contributed by atoms with Crippen LogP contribution in [-0.2, 0) is 16.1 Å². The first-order valence-corrected chi connectivity index (χ1v) is 8.60. The molecule has 0 saturated carbocycles. The van der Waals surface area contributed by atoms with E-state index in [-0.39, 0.29) is 18.4 Å². The van der Waals surface area contributed by atoms with E-state index in [9.17, 15) is 9.59 Å². The van der Waals surface area contributed by atoms with Gasteiger partial charge in [0.25, 0.3) is 5.91 Å². The van der Waals surface area contributed by atoms with Gasteiger partial charge in [0.2, 0.25) is 17.7 Å². The van der Waals surface area contributed by atoms with Gasteiger partial charge in [0.15, 0.2) is 0 Å². The van der Waals surface area contributed by atoms with Crippen LogP contribution in [0.3, 0.4) is 0 Å². The highest BCUT2D eigenvalue weighted by molar-refractivity contribution is 6.06. The van der Waals surface area contributed by atoms with E-state index in [1.807, 2.05) is 55.5 Å². The van der Waals surface area contributed by atoms with Gasteiger partial charge in [-0.25, -0.2) is 0 Å². The van der Waals surface area contributed by atoms with Crippen molar-refractivity contribution in [3.8, 4) is 11.5 Å². The topological polar surface area (TPSA) is 88.3 Å². The average Bonchev–Trinajstić information content (AvgIpc) is 3.22. The number of fused-ring (bicyclic) bond motifs is 1. The number of hydrogen-bond donors (Lipinski definition) is 1. The first-order chi connectivity index (χ1) is 13.0. The molecule has 0 aliphatic carbocycles. The zero-order valence-electron chi connectivity index (χ0n) is 15.0. The maximum atomic E-state index is 13.0. The molecule has 2 aromatic carbocycles. The number of carbonyl (C=O) groups excluding carboxylic acids is 2. The molecule has 3 aromatic rings. The van der Waals surface area contributed by atoms with Gasteiger partial charge in [0.1, 0.15) is 12.6 Å². The molecular weight excluding hydrogens is 344 g/mol. The molecule has 27 heavy (non-hydrogen) atoms. The summed E-state index contributed by atoms with van der Waals surface area (Å²) < 4.78 is 5.75. The summed E-state index contributed by atoms with van der Waals surface area (Å²) in [6.07, 6.45) is 0. The molecule has 1 atom stereocenters. The number of nitrogens with one attached hydrogen (secondary N) is 1. The largest absolute Gasteiger partial charge is 0.419 e. The minimum Gasteiger partial charge on any atom is -0.419 e. The smallest absolute Gasteiger partial charge is 0.254 e. The Balaban J connectivity index is 1.66. The lowest BCUT2D eigenvalue weighted by Crippen LogP contribution is -2.36. The lowest BCUT2D eigenvalue weighted by atomic mass is 10.1. The van der Waals surface area contributed by atoms with Crippen LogP contribution < -0.4 is 10.2 Å². The van der Waals surface area contributed by atoms with E-state index in [1.54, 1.807) is 4.90 Å². The second-order valence-corrected chi connectivity index (χ2v) is 6.44. The SMILES string of the molecule is CC(=O)N[C@H]1C(=O)N(Cc2nnc(-c3ccccc3)o2)c2c(C)cccc21. The van der Waals surface area contributed by atoms with Gasteiger partial charge < -0.3 is 14.6 Å². The average molecular weight is 362 g/mol. The third-order valence-electron chi connectivity index (χ3n) is 4.49. The summed E-state index contributed by atoms with van der Waals surface area (Å²) in [5, 5.41) is 10.9. The fraction of sp³-hybridized carbons (Fsp3) is 0.200. The van der Waals surface area contributed by atoms with Crippen molar-refractivity contribution in [2.45, 2.75) is 26.4 Å². The predicted molar refractivity (Wildman–Crippen MR) is 98.7 cm³/mol. The Labute approximate surface area is 156 Å². The maximum Gasteiger partial charge on any atom is 0.254 e. The van der Waals surface area contributed by atoms with E-state index in [0.29, 0.717) is 11.8 Å². The molecule has 4 rings (SSSR count). The van der Waals surface area contributed by atoms with Crippen molar-refractivity contribution in [1.82, 2.24) is 15.5 Å². The number of benzene rings is 2. The minimum atomic E-state index is -0.700. The molecule has 2 heterocycles. The number of hydrogen-bond acceptors (Lipinski definition) is 5. The summed E-state index contributed by atoms with van der Waals surface area (Å²) in [4.78, 5) is 26.1. The minimum absolute atomic E-state index is 0.145. The van der Waals surface area contributed by atoms with Crippen LogP contribution in [0, 0.1) is 6.92 Å². The number of anilines is 1. The normalized spacial score (nSPS) is 15.7. The Bertz CT molecular complexity index is 1010. The highest BCUT2D eigenvalue weighted by atomic mass is 16.4. The van der Waals surface area contributed by atoms with Crippen molar-refractivity contribution in [2.75, 3.05) is 4.90 Å². The molecule has 0 fully saturated rings. The Morgan fingerprint density at radius 3 is 2.67 bits per heavy atom. The summed E-state index contributed by atoms with van der Waals surface area (Å²) in [6, 6.07) is 14.4. The zero-order valence-corrected chi connectivity index (χ0v) is 15.0. The number of carbonyl (C=O) groups is 2. The van der Waals surface area contributed by atoms with Gasteiger partial charge in [-0.05, 0) is 24.6 Å². The number of aromatic nitrogens is 2. The second-order valence-electron chi connectivity index (χ2n) is 6.44. The van der Waals surface area contributed by atoms with Crippen LogP contribution in [0.4, 0.5) is 5.69 Å². The number of aryl methyl sites for hydroxylation is 1. The second kappa shape index (κ2) is 6.68. The number of amides is 2. The summed E-state index contributed by atoms with van der Waals surface area (Å²) in [5.41, 5.74) is 3.31. The fourth-order valence-corrected chi connectivity index (χ4v) is 3.33. The molecule has 7 nitrogen and oxygen atoms in total. The van der Waals surface area contributed by atoms with E-state index in [2.05, 4.69) is 15.5 Å². The molecule has 0 radical (unpaired) electrons. The predicted octanol–water partition coefficient (Wildman–Crippen LogP) is 2.77. The summed E-state index contributed by atoms with van der Waals surface area (Å²) in [7, 11) is 0. The highest BCUT2D eigenvalue weighted by Gasteiger charge is 2.39. The van der Waals surface area contributed by atoms with E-state index >= 15 is 0 Å². The van der Waals surface area contributed by atoms with Crippen LogP contribution in [-0.4, -0.2) is 22.0 Å². The van der Waals surface area contributed by atoms with Crippen LogP contribution in [0.2, 0.25) is 0 Å². The Hall–Kier alpha value is -3.48. The first kappa shape index (κ1) is 17.0. The van der Waals surface area contributed by atoms with E-state index < -0.39 is 6.04 Å². The van der Waals surface area contributed by atoms with Gasteiger partial charge in [-0.3, -0.25) is 9.59 Å². The lowest BCUT2D eigenvalue weighted by molar-refractivity contribution is -0.126. The molecular formula is C20H18N4O3. The van der Waals surface area contributed by atoms with Crippen LogP contribution in [0.1, 0.15) is 30.0 Å². The molecule has 0 unspecified atom stereocenters. The molecule has 0 bridgehead atoms. The Morgan fingerprint density at radius 1 is 1.15 bits per heavy atom. The molecule has 1 aliphatic rings. The van der Waals surface area contributed by atoms with Gasteiger partial charge in [-0.1, -0.05) is 36.4 Å². The standard InChI is InChI=1S/C20H18N4O3/c1-12-7-6-10-15-17(21-13(2)25)20(26)24(18(12)15)11-16-22-23-19(27-16)14-8-4-3-5-9-14/h3-10,17H,11H2,1-2H3,(H,21,25)/t17-/m1/s1. The quantitative estimate of drug-likeness (QED) is 0.771. The summed E-state index contributed by atoms with van der Waals surface area (Å²) in [5.74, 6) is 0.265. The van der Waals surface area contributed by atoms with E-state index in [0.717, 1.165) is 22.4 Å². The van der Waals surface area contributed by atoms with E-state index in [4.69, 9.17) is 4.42 Å². The summed E-state index contributed by atoms with van der Waals surface area (Å²) >= 11 is 0. The van der Waals surface area contributed by atoms with Crippen LogP contribution in [0.25, 0.3) is 11.5 Å². The van der Waals surface area contributed by atoms with Gasteiger partial charge in [-0.15, -0.1) is 10.2 Å². The highest BCUT2D eigenvalue weighted by Crippen LogP contribution is 2.39. The lowest BCUT2D eigenvalue weighted by Gasteiger charge is -2.17. The summed E-state index contributed by atoms with van der Waals surface area (Å²) in [6.45, 7) is 3.47. The Kier molecular flexibility index (Phi) is 4.19. The van der Waals surface area contributed by atoms with Crippen molar-refractivity contribution in [3.63, 3.8) is 0 Å².